The summed E-state index contributed by atoms with van der Waals surface area (Å²) in [6.45, 7) is 3.00. The zero-order valence-corrected chi connectivity index (χ0v) is 11.3. The Hall–Kier alpha value is -1.51. The number of anilines is 1. The van der Waals surface area contributed by atoms with Crippen LogP contribution >= 0.6 is 11.8 Å². The van der Waals surface area contributed by atoms with Crippen LogP contribution in [-0.4, -0.2) is 29.6 Å². The largest absolute Gasteiger partial charge is 0.324 e. The lowest BCUT2D eigenvalue weighted by atomic mass is 10.2. The van der Waals surface area contributed by atoms with Crippen molar-refractivity contribution in [2.75, 3.05) is 18.9 Å². The topological polar surface area (TPSA) is 56.1 Å². The summed E-state index contributed by atoms with van der Waals surface area (Å²) in [5, 5.41) is 11.5. The molecule has 1 aliphatic heterocycles. The van der Waals surface area contributed by atoms with E-state index < -0.39 is 0 Å². The van der Waals surface area contributed by atoms with E-state index in [-0.39, 0.29) is 11.2 Å². The quantitative estimate of drug-likeness (QED) is 0.846. The van der Waals surface area contributed by atoms with E-state index in [0.29, 0.717) is 13.1 Å². The molecule has 0 saturated carbocycles. The molecule has 0 spiro atoms. The van der Waals surface area contributed by atoms with Crippen LogP contribution in [0.2, 0.25) is 0 Å². The molecular weight excluding hydrogens is 246 g/mol. The van der Waals surface area contributed by atoms with E-state index in [4.69, 9.17) is 5.26 Å². The lowest BCUT2D eigenvalue weighted by molar-refractivity contribution is -0.115. The Morgan fingerprint density at radius 3 is 3.06 bits per heavy atom. The molecule has 1 heterocycles. The molecule has 4 nitrogen and oxygen atoms in total. The highest BCUT2D eigenvalue weighted by atomic mass is 32.2. The van der Waals surface area contributed by atoms with Gasteiger partial charge >= 0.3 is 0 Å². The summed E-state index contributed by atoms with van der Waals surface area (Å²) in [5.74, 6) is 0.0510. The minimum Gasteiger partial charge on any atom is -0.324 e. The summed E-state index contributed by atoms with van der Waals surface area (Å²) in [6.07, 6.45) is 0. The maximum atomic E-state index is 11.6. The average molecular weight is 261 g/mol. The molecule has 0 fully saturated rings. The van der Waals surface area contributed by atoms with E-state index in [1.54, 1.807) is 11.8 Å². The van der Waals surface area contributed by atoms with Crippen molar-refractivity contribution < 1.29 is 4.79 Å². The Bertz CT molecular complexity index is 509. The SMILES string of the molecule is CC1Sc2ccc(CN(C)CC#N)cc2NC1=O. The zero-order valence-electron chi connectivity index (χ0n) is 10.4. The second kappa shape index (κ2) is 5.42. The molecule has 1 N–H and O–H groups in total. The predicted molar refractivity (Wildman–Crippen MR) is 72.3 cm³/mol. The van der Waals surface area contributed by atoms with E-state index in [1.165, 1.54) is 0 Å². The first kappa shape index (κ1) is 12.9. The van der Waals surface area contributed by atoms with Crippen LogP contribution in [0, 0.1) is 11.3 Å². The molecule has 0 bridgehead atoms. The van der Waals surface area contributed by atoms with Crippen LogP contribution in [0.25, 0.3) is 0 Å². The van der Waals surface area contributed by atoms with Gasteiger partial charge in [-0.3, -0.25) is 9.69 Å². The van der Waals surface area contributed by atoms with E-state index in [0.717, 1.165) is 16.1 Å². The second-order valence-electron chi connectivity index (χ2n) is 4.41. The number of nitrogens with one attached hydrogen (secondary N) is 1. The number of amides is 1. The van der Waals surface area contributed by atoms with Crippen LogP contribution in [0.4, 0.5) is 5.69 Å². The lowest BCUT2D eigenvalue weighted by Gasteiger charge is -2.22. The van der Waals surface area contributed by atoms with E-state index >= 15 is 0 Å². The summed E-state index contributed by atoms with van der Waals surface area (Å²) in [6, 6.07) is 8.18. The first-order valence-corrected chi connectivity index (χ1v) is 6.64. The zero-order chi connectivity index (χ0) is 13.1. The molecule has 0 saturated heterocycles. The molecule has 1 aromatic rings. The Morgan fingerprint density at radius 1 is 1.56 bits per heavy atom. The molecule has 5 heteroatoms. The van der Waals surface area contributed by atoms with Crippen molar-refractivity contribution in [2.45, 2.75) is 23.6 Å². The van der Waals surface area contributed by atoms with Crippen molar-refractivity contribution in [2.24, 2.45) is 0 Å². The Balaban J connectivity index is 2.15. The number of benzene rings is 1. The van der Waals surface area contributed by atoms with Gasteiger partial charge in [-0.15, -0.1) is 11.8 Å². The van der Waals surface area contributed by atoms with Crippen molar-refractivity contribution in [3.05, 3.63) is 23.8 Å². The van der Waals surface area contributed by atoms with Gasteiger partial charge in [0.1, 0.15) is 0 Å². The maximum absolute atomic E-state index is 11.6. The number of carbonyl (C=O) groups excluding carboxylic acids is 1. The smallest absolute Gasteiger partial charge is 0.237 e. The number of carbonyl (C=O) groups is 1. The van der Waals surface area contributed by atoms with Crippen molar-refractivity contribution in [1.29, 1.82) is 5.26 Å². The Kier molecular flexibility index (Phi) is 3.90. The van der Waals surface area contributed by atoms with Crippen molar-refractivity contribution in [1.82, 2.24) is 4.90 Å². The van der Waals surface area contributed by atoms with Gasteiger partial charge in [0.05, 0.1) is 23.6 Å². The van der Waals surface area contributed by atoms with E-state index in [9.17, 15) is 4.79 Å². The number of hydrogen-bond donors (Lipinski definition) is 1. The van der Waals surface area contributed by atoms with Gasteiger partial charge < -0.3 is 5.32 Å². The first-order chi connectivity index (χ1) is 8.60. The highest BCUT2D eigenvalue weighted by Crippen LogP contribution is 2.35. The van der Waals surface area contributed by atoms with Crippen molar-refractivity contribution >= 4 is 23.4 Å². The van der Waals surface area contributed by atoms with Gasteiger partial charge in [-0.05, 0) is 31.7 Å². The number of fused-ring (bicyclic) bond motifs is 1. The van der Waals surface area contributed by atoms with Crippen LogP contribution in [0.15, 0.2) is 23.1 Å². The Morgan fingerprint density at radius 2 is 2.33 bits per heavy atom. The molecule has 1 atom stereocenters. The average Bonchev–Trinajstić information content (AvgIpc) is 2.31. The van der Waals surface area contributed by atoms with Gasteiger partial charge in [-0.1, -0.05) is 6.07 Å². The molecule has 2 rings (SSSR count). The molecule has 1 amide bonds. The fraction of sp³-hybridized carbons (Fsp3) is 0.385. The van der Waals surface area contributed by atoms with Crippen molar-refractivity contribution in [3.63, 3.8) is 0 Å². The minimum absolute atomic E-state index is 0.0374. The summed E-state index contributed by atoms with van der Waals surface area (Å²) >= 11 is 1.58. The molecule has 18 heavy (non-hydrogen) atoms. The normalized spacial score (nSPS) is 18.1. The fourth-order valence-electron chi connectivity index (χ4n) is 1.84. The lowest BCUT2D eigenvalue weighted by Crippen LogP contribution is -2.26. The minimum atomic E-state index is -0.0374. The van der Waals surface area contributed by atoms with Gasteiger partial charge in [-0.2, -0.15) is 5.26 Å². The monoisotopic (exact) mass is 261 g/mol. The molecular formula is C13H15N3OS. The van der Waals surface area contributed by atoms with Crippen LogP contribution in [0.3, 0.4) is 0 Å². The third-order valence-electron chi connectivity index (χ3n) is 2.77. The fourth-order valence-corrected chi connectivity index (χ4v) is 2.77. The van der Waals surface area contributed by atoms with E-state index in [1.807, 2.05) is 37.1 Å². The molecule has 1 unspecified atom stereocenters. The molecule has 0 aromatic heterocycles. The van der Waals surface area contributed by atoms with Crippen LogP contribution in [0.5, 0.6) is 0 Å². The molecule has 1 aromatic carbocycles. The predicted octanol–water partition coefficient (Wildman–Crippen LogP) is 2.07. The Labute approximate surface area is 111 Å². The molecule has 1 aliphatic rings. The second-order valence-corrected chi connectivity index (χ2v) is 5.79. The highest BCUT2D eigenvalue weighted by Gasteiger charge is 2.22. The first-order valence-electron chi connectivity index (χ1n) is 5.76. The van der Waals surface area contributed by atoms with Gasteiger partial charge in [0.15, 0.2) is 0 Å². The van der Waals surface area contributed by atoms with Gasteiger partial charge in [0, 0.05) is 11.4 Å². The van der Waals surface area contributed by atoms with Crippen LogP contribution in [0.1, 0.15) is 12.5 Å². The number of nitrogens with zero attached hydrogens (tertiary/aromatic N) is 2. The molecule has 94 valence electrons. The highest BCUT2D eigenvalue weighted by molar-refractivity contribution is 8.00. The maximum Gasteiger partial charge on any atom is 0.237 e. The number of hydrogen-bond acceptors (Lipinski definition) is 4. The summed E-state index contributed by atoms with van der Waals surface area (Å²) in [7, 11) is 1.90. The summed E-state index contributed by atoms with van der Waals surface area (Å²) in [4.78, 5) is 14.6. The number of nitriles is 1. The summed E-state index contributed by atoms with van der Waals surface area (Å²) in [5.41, 5.74) is 1.98. The number of rotatable bonds is 3. The standard InChI is InChI=1S/C13H15N3OS/c1-9-13(17)15-11-7-10(3-4-12(11)18-9)8-16(2)6-5-14/h3-4,7,9H,6,8H2,1-2H3,(H,15,17). The van der Waals surface area contributed by atoms with Crippen molar-refractivity contribution in [3.8, 4) is 6.07 Å². The number of thioether (sulfide) groups is 1. The van der Waals surface area contributed by atoms with Crippen LogP contribution in [-0.2, 0) is 11.3 Å². The molecule has 0 aliphatic carbocycles. The van der Waals surface area contributed by atoms with E-state index in [2.05, 4.69) is 11.4 Å². The third-order valence-corrected chi connectivity index (χ3v) is 3.95. The third kappa shape index (κ3) is 2.84. The molecule has 0 radical (unpaired) electrons. The van der Waals surface area contributed by atoms with Gasteiger partial charge in [0.25, 0.3) is 0 Å². The summed E-state index contributed by atoms with van der Waals surface area (Å²) < 4.78 is 0. The van der Waals surface area contributed by atoms with Gasteiger partial charge in [-0.25, -0.2) is 0 Å². The van der Waals surface area contributed by atoms with Crippen LogP contribution < -0.4 is 5.32 Å². The van der Waals surface area contributed by atoms with Gasteiger partial charge in [0.2, 0.25) is 5.91 Å².